The number of rotatable bonds is 2. The molecule has 0 N–H and O–H groups in total. The third-order valence-electron chi connectivity index (χ3n) is 4.02. The van der Waals surface area contributed by atoms with Crippen molar-refractivity contribution in [3.63, 3.8) is 0 Å². The summed E-state index contributed by atoms with van der Waals surface area (Å²) in [6.45, 7) is 1.05. The molecule has 108 valence electrons. The van der Waals surface area contributed by atoms with Crippen LogP contribution in [0.4, 0.5) is 14.6 Å². The fraction of sp³-hybridized carbons (Fsp3) is 0.375. The van der Waals surface area contributed by atoms with Gasteiger partial charge in [0.2, 0.25) is 6.43 Å². The Hall–Kier alpha value is -2.22. The van der Waals surface area contributed by atoms with E-state index in [2.05, 4.69) is 11.1 Å². The Labute approximate surface area is 121 Å². The maximum absolute atomic E-state index is 12.7. The molecule has 0 radical (unpaired) electrons. The van der Waals surface area contributed by atoms with Crippen molar-refractivity contribution in [1.82, 2.24) is 4.98 Å². The Kier molecular flexibility index (Phi) is 3.70. The number of fused-ring (bicyclic) bond motifs is 1. The number of piperidine rings is 1. The molecular formula is C16H15F2N3. The number of nitriles is 1. The lowest BCUT2D eigenvalue weighted by atomic mass is 9.97. The lowest BCUT2D eigenvalue weighted by Crippen LogP contribution is -2.36. The summed E-state index contributed by atoms with van der Waals surface area (Å²) in [6, 6.07) is 11.6. The van der Waals surface area contributed by atoms with Crippen molar-refractivity contribution < 1.29 is 8.78 Å². The average molecular weight is 287 g/mol. The third kappa shape index (κ3) is 2.66. The van der Waals surface area contributed by atoms with Crippen molar-refractivity contribution in [3.8, 4) is 6.07 Å². The van der Waals surface area contributed by atoms with E-state index in [1.54, 1.807) is 0 Å². The van der Waals surface area contributed by atoms with Gasteiger partial charge in [0.05, 0.1) is 11.1 Å². The Balaban J connectivity index is 1.92. The topological polar surface area (TPSA) is 39.9 Å². The molecule has 0 aliphatic carbocycles. The molecule has 0 atom stereocenters. The molecule has 2 heterocycles. The van der Waals surface area contributed by atoms with Crippen molar-refractivity contribution in [2.24, 2.45) is 5.92 Å². The Morgan fingerprint density at radius 2 is 1.95 bits per heavy atom. The second-order valence-corrected chi connectivity index (χ2v) is 5.32. The zero-order valence-corrected chi connectivity index (χ0v) is 11.5. The van der Waals surface area contributed by atoms with Gasteiger partial charge in [-0.15, -0.1) is 0 Å². The smallest absolute Gasteiger partial charge is 0.241 e. The molecule has 0 spiro atoms. The van der Waals surface area contributed by atoms with Gasteiger partial charge in [-0.05, 0) is 25.0 Å². The SMILES string of the molecule is N#Cc1cc2ccccc2nc1N1CCC(C(F)F)CC1. The lowest BCUT2D eigenvalue weighted by Gasteiger charge is -2.32. The van der Waals surface area contributed by atoms with Crippen LogP contribution in [-0.2, 0) is 0 Å². The number of halogens is 2. The number of hydrogen-bond donors (Lipinski definition) is 0. The second kappa shape index (κ2) is 5.65. The van der Waals surface area contributed by atoms with E-state index in [0.29, 0.717) is 37.3 Å². The maximum Gasteiger partial charge on any atom is 0.241 e. The first-order valence-corrected chi connectivity index (χ1v) is 7.02. The van der Waals surface area contributed by atoms with Gasteiger partial charge in [0.15, 0.2) is 0 Å². The van der Waals surface area contributed by atoms with E-state index in [0.717, 1.165) is 10.9 Å². The van der Waals surface area contributed by atoms with E-state index in [1.165, 1.54) is 0 Å². The van der Waals surface area contributed by atoms with Gasteiger partial charge >= 0.3 is 0 Å². The molecule has 0 bridgehead atoms. The highest BCUT2D eigenvalue weighted by Crippen LogP contribution is 2.29. The minimum Gasteiger partial charge on any atom is -0.355 e. The molecule has 3 rings (SSSR count). The number of aromatic nitrogens is 1. The zero-order chi connectivity index (χ0) is 14.8. The van der Waals surface area contributed by atoms with Crippen molar-refractivity contribution in [2.75, 3.05) is 18.0 Å². The molecule has 1 aliphatic heterocycles. The van der Waals surface area contributed by atoms with Crippen molar-refractivity contribution in [3.05, 3.63) is 35.9 Å². The molecule has 3 nitrogen and oxygen atoms in total. The number of hydrogen-bond acceptors (Lipinski definition) is 3. The molecule has 5 heteroatoms. The Morgan fingerprint density at radius 3 is 2.62 bits per heavy atom. The monoisotopic (exact) mass is 287 g/mol. The summed E-state index contributed by atoms with van der Waals surface area (Å²) in [4.78, 5) is 6.50. The van der Waals surface area contributed by atoms with Gasteiger partial charge < -0.3 is 4.90 Å². The molecule has 0 saturated carbocycles. The molecule has 1 fully saturated rings. The first-order chi connectivity index (χ1) is 10.2. The summed E-state index contributed by atoms with van der Waals surface area (Å²) in [5.41, 5.74) is 1.33. The Morgan fingerprint density at radius 1 is 1.24 bits per heavy atom. The van der Waals surface area contributed by atoms with E-state index >= 15 is 0 Å². The summed E-state index contributed by atoms with van der Waals surface area (Å²) >= 11 is 0. The summed E-state index contributed by atoms with van der Waals surface area (Å²) in [7, 11) is 0. The van der Waals surface area contributed by atoms with Gasteiger partial charge in [-0.3, -0.25) is 0 Å². The van der Waals surface area contributed by atoms with Crippen LogP contribution < -0.4 is 4.90 Å². The number of pyridine rings is 1. The van der Waals surface area contributed by atoms with Crippen LogP contribution in [0.2, 0.25) is 0 Å². The highest BCUT2D eigenvalue weighted by molar-refractivity contribution is 5.83. The van der Waals surface area contributed by atoms with E-state index in [9.17, 15) is 14.0 Å². The zero-order valence-electron chi connectivity index (χ0n) is 11.5. The van der Waals surface area contributed by atoms with E-state index in [1.807, 2.05) is 35.2 Å². The normalized spacial score (nSPS) is 16.4. The van der Waals surface area contributed by atoms with Crippen molar-refractivity contribution in [1.29, 1.82) is 5.26 Å². The predicted molar refractivity (Wildman–Crippen MR) is 77.4 cm³/mol. The first kappa shape index (κ1) is 13.7. The van der Waals surface area contributed by atoms with Crippen LogP contribution in [0, 0.1) is 17.2 Å². The largest absolute Gasteiger partial charge is 0.355 e. The number of para-hydroxylation sites is 1. The van der Waals surface area contributed by atoms with Gasteiger partial charge in [-0.25, -0.2) is 13.8 Å². The summed E-state index contributed by atoms with van der Waals surface area (Å²) in [5, 5.41) is 10.2. The molecule has 1 saturated heterocycles. The van der Waals surface area contributed by atoms with E-state index < -0.39 is 12.3 Å². The van der Waals surface area contributed by atoms with Crippen molar-refractivity contribution >= 4 is 16.7 Å². The third-order valence-corrected chi connectivity index (χ3v) is 4.02. The predicted octanol–water partition coefficient (Wildman–Crippen LogP) is 3.59. The van der Waals surface area contributed by atoms with Gasteiger partial charge in [-0.2, -0.15) is 5.26 Å². The van der Waals surface area contributed by atoms with E-state index in [4.69, 9.17) is 0 Å². The van der Waals surface area contributed by atoms with Crippen LogP contribution in [0.3, 0.4) is 0 Å². The number of nitrogens with zero attached hydrogens (tertiary/aromatic N) is 3. The highest BCUT2D eigenvalue weighted by Gasteiger charge is 2.27. The van der Waals surface area contributed by atoms with Gasteiger partial charge in [0.1, 0.15) is 11.9 Å². The quantitative estimate of drug-likeness (QED) is 0.847. The Bertz CT molecular complexity index is 685. The number of anilines is 1. The van der Waals surface area contributed by atoms with Crippen LogP contribution in [0.1, 0.15) is 18.4 Å². The van der Waals surface area contributed by atoms with Crippen LogP contribution in [0.15, 0.2) is 30.3 Å². The number of benzene rings is 1. The molecular weight excluding hydrogens is 272 g/mol. The molecule has 0 unspecified atom stereocenters. The molecule has 21 heavy (non-hydrogen) atoms. The first-order valence-electron chi connectivity index (χ1n) is 7.02. The summed E-state index contributed by atoms with van der Waals surface area (Å²) in [6.07, 6.45) is -1.37. The molecule has 1 aromatic carbocycles. The summed E-state index contributed by atoms with van der Waals surface area (Å²) < 4.78 is 25.4. The molecule has 2 aromatic rings. The second-order valence-electron chi connectivity index (χ2n) is 5.32. The van der Waals surface area contributed by atoms with E-state index in [-0.39, 0.29) is 0 Å². The van der Waals surface area contributed by atoms with Crippen LogP contribution in [-0.4, -0.2) is 24.5 Å². The average Bonchev–Trinajstić information content (AvgIpc) is 2.53. The minimum absolute atomic E-state index is 0.442. The highest BCUT2D eigenvalue weighted by atomic mass is 19.3. The fourth-order valence-electron chi connectivity index (χ4n) is 2.79. The molecule has 1 aromatic heterocycles. The van der Waals surface area contributed by atoms with Gasteiger partial charge in [0.25, 0.3) is 0 Å². The van der Waals surface area contributed by atoms with Crippen LogP contribution in [0.25, 0.3) is 10.9 Å². The fourth-order valence-corrected chi connectivity index (χ4v) is 2.79. The lowest BCUT2D eigenvalue weighted by molar-refractivity contribution is 0.0635. The molecule has 1 aliphatic rings. The molecule has 0 amide bonds. The van der Waals surface area contributed by atoms with Crippen LogP contribution in [0.5, 0.6) is 0 Å². The van der Waals surface area contributed by atoms with Gasteiger partial charge in [0, 0.05) is 24.4 Å². The number of alkyl halides is 2. The maximum atomic E-state index is 12.7. The van der Waals surface area contributed by atoms with Crippen molar-refractivity contribution in [2.45, 2.75) is 19.3 Å². The van der Waals surface area contributed by atoms with Crippen LogP contribution >= 0.6 is 0 Å². The standard InChI is InChI=1S/C16H15F2N3/c17-15(18)11-5-7-21(8-6-11)16-13(10-19)9-12-3-1-2-4-14(12)20-16/h1-4,9,11,15H,5-8H2. The summed E-state index contributed by atoms with van der Waals surface area (Å²) in [5.74, 6) is 0.0798. The van der Waals surface area contributed by atoms with Gasteiger partial charge in [-0.1, -0.05) is 18.2 Å². The minimum atomic E-state index is -2.26.